The van der Waals surface area contributed by atoms with Crippen LogP contribution in [0.5, 0.6) is 0 Å². The molecule has 0 heterocycles. The van der Waals surface area contributed by atoms with E-state index >= 15 is 0 Å². The van der Waals surface area contributed by atoms with Crippen molar-refractivity contribution in [1.29, 1.82) is 0 Å². The largest absolute Gasteiger partial charge is 0.0648 e. The Morgan fingerprint density at radius 3 is 1.92 bits per heavy atom. The Balaban J connectivity index is 3.05. The minimum atomic E-state index is 1.13. The van der Waals surface area contributed by atoms with E-state index in [-0.39, 0.29) is 0 Å². The summed E-state index contributed by atoms with van der Waals surface area (Å²) in [6.45, 7) is 6.65. The minimum Gasteiger partial charge on any atom is -0.0648 e. The highest BCUT2D eigenvalue weighted by molar-refractivity contribution is 5.40. The first-order valence-corrected chi connectivity index (χ1v) is 5.27. The van der Waals surface area contributed by atoms with Gasteiger partial charge in [0.25, 0.3) is 0 Å². The van der Waals surface area contributed by atoms with E-state index in [0.717, 1.165) is 19.3 Å². The smallest absolute Gasteiger partial charge is 0.00902 e. The fourth-order valence-electron chi connectivity index (χ4n) is 1.75. The topological polar surface area (TPSA) is 0 Å². The predicted octanol–water partition coefficient (Wildman–Crippen LogP) is 3.77. The summed E-state index contributed by atoms with van der Waals surface area (Å²) in [5, 5.41) is 0. The molecule has 71 valence electrons. The van der Waals surface area contributed by atoms with Crippen molar-refractivity contribution in [2.45, 2.75) is 40.0 Å². The normalized spacial score (nSPS) is 10.4. The summed E-state index contributed by atoms with van der Waals surface area (Å²) in [4.78, 5) is 0. The van der Waals surface area contributed by atoms with E-state index in [1.54, 1.807) is 0 Å². The van der Waals surface area contributed by atoms with Crippen LogP contribution in [0.2, 0.25) is 0 Å². The molecule has 0 amide bonds. The zero-order valence-corrected chi connectivity index (χ0v) is 8.93. The molecule has 1 aromatic rings. The Morgan fingerprint density at radius 1 is 1.00 bits per heavy atom. The molecule has 0 fully saturated rings. The standard InChI is InChI=1S/C13H19/c1-4-8-13-11(5-2)9-7-10-12(13)6-3/h7-10H,4-6H2,1-3H3. The van der Waals surface area contributed by atoms with Gasteiger partial charge in [-0.15, -0.1) is 0 Å². The molecule has 0 aromatic heterocycles. The first-order chi connectivity index (χ1) is 6.33. The van der Waals surface area contributed by atoms with Crippen molar-refractivity contribution in [3.8, 4) is 0 Å². The first-order valence-electron chi connectivity index (χ1n) is 5.27. The summed E-state index contributed by atoms with van der Waals surface area (Å²) in [5.74, 6) is 0. The quantitative estimate of drug-likeness (QED) is 0.653. The maximum atomic E-state index is 2.34. The monoisotopic (exact) mass is 175 g/mol. The van der Waals surface area contributed by atoms with Crippen molar-refractivity contribution >= 4 is 0 Å². The number of hydrogen-bond donors (Lipinski definition) is 0. The SMILES string of the molecule is CC[CH]c1c(CC)cccc1CC. The molecule has 0 heteroatoms. The van der Waals surface area contributed by atoms with Crippen molar-refractivity contribution in [2.75, 3.05) is 0 Å². The molecule has 0 atom stereocenters. The van der Waals surface area contributed by atoms with Gasteiger partial charge in [0.05, 0.1) is 0 Å². The fourth-order valence-corrected chi connectivity index (χ4v) is 1.75. The van der Waals surface area contributed by atoms with E-state index in [1.807, 2.05) is 0 Å². The third kappa shape index (κ3) is 2.33. The average Bonchev–Trinajstić information content (AvgIpc) is 2.18. The van der Waals surface area contributed by atoms with Gasteiger partial charge in [0.1, 0.15) is 0 Å². The molecule has 0 saturated carbocycles. The van der Waals surface area contributed by atoms with Crippen molar-refractivity contribution in [2.24, 2.45) is 0 Å². The lowest BCUT2D eigenvalue weighted by molar-refractivity contribution is 1.01. The van der Waals surface area contributed by atoms with Gasteiger partial charge < -0.3 is 0 Å². The van der Waals surface area contributed by atoms with Gasteiger partial charge in [0.2, 0.25) is 0 Å². The van der Waals surface area contributed by atoms with Crippen LogP contribution in [0.1, 0.15) is 43.9 Å². The van der Waals surface area contributed by atoms with Gasteiger partial charge >= 0.3 is 0 Å². The van der Waals surface area contributed by atoms with Gasteiger partial charge in [-0.25, -0.2) is 0 Å². The Labute approximate surface area is 82.0 Å². The highest BCUT2D eigenvalue weighted by atomic mass is 14.1. The van der Waals surface area contributed by atoms with Crippen molar-refractivity contribution in [1.82, 2.24) is 0 Å². The highest BCUT2D eigenvalue weighted by Crippen LogP contribution is 2.19. The van der Waals surface area contributed by atoms with Crippen LogP contribution in [0.15, 0.2) is 18.2 Å². The second kappa shape index (κ2) is 5.06. The molecule has 0 nitrogen and oxygen atoms in total. The van der Waals surface area contributed by atoms with Crippen molar-refractivity contribution < 1.29 is 0 Å². The van der Waals surface area contributed by atoms with E-state index in [1.165, 1.54) is 16.7 Å². The number of benzene rings is 1. The van der Waals surface area contributed by atoms with E-state index in [9.17, 15) is 0 Å². The molecular weight excluding hydrogens is 156 g/mol. The molecule has 0 aliphatic carbocycles. The van der Waals surface area contributed by atoms with Gasteiger partial charge in [-0.05, 0) is 42.4 Å². The molecule has 0 spiro atoms. The molecule has 0 N–H and O–H groups in total. The fraction of sp³-hybridized carbons (Fsp3) is 0.462. The second-order valence-corrected chi connectivity index (χ2v) is 3.31. The molecule has 0 aliphatic rings. The van der Waals surface area contributed by atoms with Gasteiger partial charge in [-0.2, -0.15) is 0 Å². The lowest BCUT2D eigenvalue weighted by Gasteiger charge is -2.11. The Morgan fingerprint density at radius 2 is 1.54 bits per heavy atom. The van der Waals surface area contributed by atoms with Crippen molar-refractivity contribution in [3.63, 3.8) is 0 Å². The van der Waals surface area contributed by atoms with Crippen LogP contribution in [-0.4, -0.2) is 0 Å². The molecule has 1 radical (unpaired) electrons. The number of hydrogen-bond acceptors (Lipinski definition) is 0. The molecular formula is C13H19. The molecule has 0 aliphatic heterocycles. The molecule has 1 aromatic carbocycles. The van der Waals surface area contributed by atoms with Crippen LogP contribution in [-0.2, 0) is 12.8 Å². The lowest BCUT2D eigenvalue weighted by atomic mass is 9.94. The summed E-state index contributed by atoms with van der Waals surface area (Å²) in [5.41, 5.74) is 4.46. The molecule has 0 bridgehead atoms. The maximum absolute atomic E-state index is 2.34. The molecule has 1 rings (SSSR count). The number of aryl methyl sites for hydroxylation is 2. The van der Waals surface area contributed by atoms with E-state index in [0.29, 0.717) is 0 Å². The van der Waals surface area contributed by atoms with Gasteiger partial charge in [0.15, 0.2) is 0 Å². The van der Waals surface area contributed by atoms with Crippen LogP contribution in [0, 0.1) is 6.42 Å². The van der Waals surface area contributed by atoms with Crippen LogP contribution in [0.25, 0.3) is 0 Å². The third-order valence-electron chi connectivity index (χ3n) is 2.46. The summed E-state index contributed by atoms with van der Waals surface area (Å²) in [6, 6.07) is 6.64. The van der Waals surface area contributed by atoms with E-state index in [2.05, 4.69) is 45.4 Å². The Kier molecular flexibility index (Phi) is 4.01. The van der Waals surface area contributed by atoms with Gasteiger partial charge in [-0.3, -0.25) is 0 Å². The van der Waals surface area contributed by atoms with E-state index in [4.69, 9.17) is 0 Å². The Bertz CT molecular complexity index is 238. The molecule has 13 heavy (non-hydrogen) atoms. The van der Waals surface area contributed by atoms with Crippen LogP contribution >= 0.6 is 0 Å². The summed E-state index contributed by atoms with van der Waals surface area (Å²) in [7, 11) is 0. The summed E-state index contributed by atoms with van der Waals surface area (Å²) < 4.78 is 0. The highest BCUT2D eigenvalue weighted by Gasteiger charge is 2.04. The van der Waals surface area contributed by atoms with Crippen LogP contribution in [0.4, 0.5) is 0 Å². The molecule has 0 unspecified atom stereocenters. The van der Waals surface area contributed by atoms with Gasteiger partial charge in [-0.1, -0.05) is 39.0 Å². The predicted molar refractivity (Wildman–Crippen MR) is 58.9 cm³/mol. The minimum absolute atomic E-state index is 1.13. The van der Waals surface area contributed by atoms with Crippen LogP contribution < -0.4 is 0 Å². The third-order valence-corrected chi connectivity index (χ3v) is 2.46. The second-order valence-electron chi connectivity index (χ2n) is 3.31. The summed E-state index contributed by atoms with van der Waals surface area (Å²) in [6.07, 6.45) is 5.75. The zero-order chi connectivity index (χ0) is 9.68. The summed E-state index contributed by atoms with van der Waals surface area (Å²) >= 11 is 0. The van der Waals surface area contributed by atoms with E-state index < -0.39 is 0 Å². The first kappa shape index (κ1) is 10.3. The van der Waals surface area contributed by atoms with Crippen molar-refractivity contribution in [3.05, 3.63) is 41.3 Å². The number of rotatable bonds is 4. The van der Waals surface area contributed by atoms with Crippen LogP contribution in [0.3, 0.4) is 0 Å². The van der Waals surface area contributed by atoms with Gasteiger partial charge in [0, 0.05) is 0 Å². The maximum Gasteiger partial charge on any atom is -0.00902 e. The average molecular weight is 175 g/mol. The lowest BCUT2D eigenvalue weighted by Crippen LogP contribution is -1.96. The Hall–Kier alpha value is -0.780. The molecule has 0 saturated heterocycles. The zero-order valence-electron chi connectivity index (χ0n) is 8.93.